The van der Waals surface area contributed by atoms with Crippen molar-refractivity contribution in [1.82, 2.24) is 0 Å². The van der Waals surface area contributed by atoms with Gasteiger partial charge in [0, 0.05) is 19.3 Å². The van der Waals surface area contributed by atoms with Gasteiger partial charge in [-0.25, -0.2) is 0 Å². The summed E-state index contributed by atoms with van der Waals surface area (Å²) in [6, 6.07) is 0. The van der Waals surface area contributed by atoms with Crippen LogP contribution in [-0.2, 0) is 28.6 Å². The Morgan fingerprint density at radius 3 is 0.875 bits per heavy atom. The molecule has 0 N–H and O–H groups in total. The predicted molar refractivity (Wildman–Crippen MR) is 275 cm³/mol. The molecule has 0 heterocycles. The zero-order valence-electron chi connectivity index (χ0n) is 43.1. The average molecular weight is 901 g/mol. The Labute approximate surface area is 398 Å². The summed E-state index contributed by atoms with van der Waals surface area (Å²) in [7, 11) is 0. The van der Waals surface area contributed by atoms with Crippen molar-refractivity contribution in [1.29, 1.82) is 0 Å². The highest BCUT2D eigenvalue weighted by Gasteiger charge is 2.19. The summed E-state index contributed by atoms with van der Waals surface area (Å²) in [6.07, 6.45) is 61.6. The van der Waals surface area contributed by atoms with Crippen molar-refractivity contribution >= 4 is 17.9 Å². The monoisotopic (exact) mass is 901 g/mol. The standard InChI is InChI=1S/C58H108O6/c1-4-7-10-13-16-19-22-25-28-29-30-31-34-36-39-42-45-48-51-57(60)63-54-55(64-58(61)52-49-46-43-40-37-33-27-24-21-18-15-12-9-6-3)53-62-56(59)50-47-44-41-38-35-32-26-23-20-17-14-11-8-5-2/h19,22,28-29,55H,4-18,20-21,23-27,30-54H2,1-3H3/b22-19-,29-28-. The molecule has 0 fully saturated rings. The Balaban J connectivity index is 4.33. The van der Waals surface area contributed by atoms with Crippen LogP contribution in [0.1, 0.15) is 310 Å². The van der Waals surface area contributed by atoms with E-state index in [1.54, 1.807) is 0 Å². The molecule has 0 saturated heterocycles. The molecule has 6 heteroatoms. The molecule has 376 valence electrons. The summed E-state index contributed by atoms with van der Waals surface area (Å²) in [6.45, 7) is 6.66. The summed E-state index contributed by atoms with van der Waals surface area (Å²) >= 11 is 0. The van der Waals surface area contributed by atoms with E-state index in [4.69, 9.17) is 14.2 Å². The van der Waals surface area contributed by atoms with Gasteiger partial charge in [-0.1, -0.05) is 263 Å². The van der Waals surface area contributed by atoms with Gasteiger partial charge in [-0.3, -0.25) is 14.4 Å². The normalized spacial score (nSPS) is 12.1. The molecular weight excluding hydrogens is 793 g/mol. The van der Waals surface area contributed by atoms with Gasteiger partial charge in [0.25, 0.3) is 0 Å². The van der Waals surface area contributed by atoms with Crippen LogP contribution in [0.2, 0.25) is 0 Å². The van der Waals surface area contributed by atoms with Gasteiger partial charge in [0.2, 0.25) is 0 Å². The lowest BCUT2D eigenvalue weighted by atomic mass is 10.0. The quantitative estimate of drug-likeness (QED) is 0.0262. The number of unbranched alkanes of at least 4 members (excludes halogenated alkanes) is 37. The molecule has 1 unspecified atom stereocenters. The lowest BCUT2D eigenvalue weighted by molar-refractivity contribution is -0.167. The Morgan fingerprint density at radius 1 is 0.312 bits per heavy atom. The second-order valence-electron chi connectivity index (χ2n) is 19.2. The summed E-state index contributed by atoms with van der Waals surface area (Å²) in [4.78, 5) is 38.1. The van der Waals surface area contributed by atoms with E-state index in [1.165, 1.54) is 199 Å². The Bertz CT molecular complexity index is 1040. The minimum atomic E-state index is -0.769. The van der Waals surface area contributed by atoms with E-state index < -0.39 is 6.10 Å². The number of carbonyl (C=O) groups is 3. The maximum atomic E-state index is 12.8. The lowest BCUT2D eigenvalue weighted by Crippen LogP contribution is -2.30. The molecule has 0 aliphatic heterocycles. The average Bonchev–Trinajstić information content (AvgIpc) is 3.29. The molecule has 0 amide bonds. The summed E-state index contributed by atoms with van der Waals surface area (Å²) in [5.41, 5.74) is 0. The highest BCUT2D eigenvalue weighted by molar-refractivity contribution is 5.71. The number of hydrogen-bond acceptors (Lipinski definition) is 6. The zero-order chi connectivity index (χ0) is 46.5. The molecule has 0 saturated carbocycles. The molecule has 0 radical (unpaired) electrons. The number of esters is 3. The van der Waals surface area contributed by atoms with Crippen molar-refractivity contribution in [3.8, 4) is 0 Å². The maximum absolute atomic E-state index is 12.8. The Morgan fingerprint density at radius 2 is 0.562 bits per heavy atom. The third-order valence-corrected chi connectivity index (χ3v) is 12.7. The van der Waals surface area contributed by atoms with Gasteiger partial charge >= 0.3 is 17.9 Å². The first-order valence-corrected chi connectivity index (χ1v) is 28.3. The van der Waals surface area contributed by atoms with Gasteiger partial charge in [-0.15, -0.1) is 0 Å². The number of rotatable bonds is 52. The first-order chi connectivity index (χ1) is 31.5. The topological polar surface area (TPSA) is 78.9 Å². The first kappa shape index (κ1) is 61.9. The zero-order valence-corrected chi connectivity index (χ0v) is 43.1. The minimum Gasteiger partial charge on any atom is -0.462 e. The van der Waals surface area contributed by atoms with Gasteiger partial charge in [-0.05, 0) is 51.4 Å². The third kappa shape index (κ3) is 50.9. The van der Waals surface area contributed by atoms with Crippen molar-refractivity contribution in [3.63, 3.8) is 0 Å². The van der Waals surface area contributed by atoms with Crippen LogP contribution in [-0.4, -0.2) is 37.2 Å². The molecule has 0 rings (SSSR count). The summed E-state index contributed by atoms with van der Waals surface area (Å²) < 4.78 is 16.9. The Hall–Kier alpha value is -2.11. The summed E-state index contributed by atoms with van der Waals surface area (Å²) in [5, 5.41) is 0. The third-order valence-electron chi connectivity index (χ3n) is 12.7. The van der Waals surface area contributed by atoms with Gasteiger partial charge < -0.3 is 14.2 Å². The van der Waals surface area contributed by atoms with E-state index in [1.807, 2.05) is 0 Å². The van der Waals surface area contributed by atoms with Crippen molar-refractivity contribution in [3.05, 3.63) is 24.3 Å². The van der Waals surface area contributed by atoms with E-state index in [2.05, 4.69) is 45.1 Å². The predicted octanol–water partition coefficient (Wildman–Crippen LogP) is 18.7. The Kier molecular flexibility index (Phi) is 51.7. The fourth-order valence-corrected chi connectivity index (χ4v) is 8.42. The lowest BCUT2D eigenvalue weighted by Gasteiger charge is -2.18. The molecular formula is C58H108O6. The number of allylic oxidation sites excluding steroid dienone is 4. The van der Waals surface area contributed by atoms with E-state index >= 15 is 0 Å². The second kappa shape index (κ2) is 53.5. The molecule has 1 atom stereocenters. The number of carbonyl (C=O) groups excluding carboxylic acids is 3. The van der Waals surface area contributed by atoms with E-state index in [0.717, 1.165) is 70.6 Å². The largest absolute Gasteiger partial charge is 0.462 e. The van der Waals surface area contributed by atoms with Crippen LogP contribution < -0.4 is 0 Å². The second-order valence-corrected chi connectivity index (χ2v) is 19.2. The van der Waals surface area contributed by atoms with Gasteiger partial charge in [0.1, 0.15) is 13.2 Å². The fourth-order valence-electron chi connectivity index (χ4n) is 8.42. The van der Waals surface area contributed by atoms with Crippen molar-refractivity contribution in [2.24, 2.45) is 0 Å². The highest BCUT2D eigenvalue weighted by atomic mass is 16.6. The van der Waals surface area contributed by atoms with Gasteiger partial charge in [-0.2, -0.15) is 0 Å². The van der Waals surface area contributed by atoms with Gasteiger partial charge in [0.05, 0.1) is 0 Å². The van der Waals surface area contributed by atoms with Crippen LogP contribution >= 0.6 is 0 Å². The van der Waals surface area contributed by atoms with Crippen LogP contribution in [0.25, 0.3) is 0 Å². The van der Waals surface area contributed by atoms with Crippen LogP contribution in [0.15, 0.2) is 24.3 Å². The molecule has 0 spiro atoms. The van der Waals surface area contributed by atoms with Crippen molar-refractivity contribution in [2.45, 2.75) is 316 Å². The van der Waals surface area contributed by atoms with Gasteiger partial charge in [0.15, 0.2) is 6.10 Å². The van der Waals surface area contributed by atoms with Crippen LogP contribution in [0.4, 0.5) is 0 Å². The van der Waals surface area contributed by atoms with Crippen LogP contribution in [0, 0.1) is 0 Å². The van der Waals surface area contributed by atoms with E-state index in [-0.39, 0.29) is 31.1 Å². The number of ether oxygens (including phenoxy) is 3. The van der Waals surface area contributed by atoms with Crippen molar-refractivity contribution < 1.29 is 28.6 Å². The molecule has 6 nitrogen and oxygen atoms in total. The molecule has 0 aromatic heterocycles. The summed E-state index contributed by atoms with van der Waals surface area (Å²) in [5.74, 6) is -0.856. The first-order valence-electron chi connectivity index (χ1n) is 28.3. The minimum absolute atomic E-state index is 0.0682. The molecule has 0 aromatic carbocycles. The highest BCUT2D eigenvalue weighted by Crippen LogP contribution is 2.17. The molecule has 0 aromatic rings. The molecule has 0 aliphatic rings. The molecule has 0 bridgehead atoms. The molecule has 64 heavy (non-hydrogen) atoms. The maximum Gasteiger partial charge on any atom is 0.306 e. The fraction of sp³-hybridized carbons (Fsp3) is 0.879. The smallest absolute Gasteiger partial charge is 0.306 e. The van der Waals surface area contributed by atoms with E-state index in [9.17, 15) is 14.4 Å². The molecule has 0 aliphatic carbocycles. The van der Waals surface area contributed by atoms with Crippen LogP contribution in [0.3, 0.4) is 0 Å². The van der Waals surface area contributed by atoms with Crippen molar-refractivity contribution in [2.75, 3.05) is 13.2 Å². The van der Waals surface area contributed by atoms with Crippen LogP contribution in [0.5, 0.6) is 0 Å². The number of hydrogen-bond donors (Lipinski definition) is 0. The van der Waals surface area contributed by atoms with E-state index in [0.29, 0.717) is 19.3 Å². The SMILES string of the molecule is CCCCCC/C=C\C/C=C\CCCCCCCCCC(=O)OCC(COC(=O)CCCCCCCCCCCCCCCC)OC(=O)CCCCCCCCCCCCCCCC.